The summed E-state index contributed by atoms with van der Waals surface area (Å²) in [6.07, 6.45) is 4.38. The zero-order chi connectivity index (χ0) is 16.5. The topological polar surface area (TPSA) is 64.3 Å². The van der Waals surface area contributed by atoms with E-state index in [1.165, 1.54) is 0 Å². The first-order valence-corrected chi connectivity index (χ1v) is 7.62. The van der Waals surface area contributed by atoms with Crippen LogP contribution >= 0.6 is 0 Å². The van der Waals surface area contributed by atoms with Crippen LogP contribution in [0.25, 0.3) is 6.08 Å². The van der Waals surface area contributed by atoms with E-state index in [4.69, 9.17) is 10.5 Å². The Morgan fingerprint density at radius 2 is 2.00 bits per heavy atom. The average molecular weight is 310 g/mol. The Labute approximate surface area is 137 Å². The Morgan fingerprint density at radius 3 is 2.74 bits per heavy atom. The zero-order valence-corrected chi connectivity index (χ0v) is 13.3. The van der Waals surface area contributed by atoms with Crippen molar-refractivity contribution in [1.82, 2.24) is 5.32 Å². The molecule has 2 aromatic carbocycles. The quantitative estimate of drug-likeness (QED) is 0.628. The summed E-state index contributed by atoms with van der Waals surface area (Å²) < 4.78 is 5.13. The predicted molar refractivity (Wildman–Crippen MR) is 93.9 cm³/mol. The Hall–Kier alpha value is -2.75. The number of nitrogens with two attached hydrogens (primary N) is 1. The number of hydrogen-bond acceptors (Lipinski definition) is 3. The molecule has 0 aromatic heterocycles. The lowest BCUT2D eigenvalue weighted by molar-refractivity contribution is 0.140. The van der Waals surface area contributed by atoms with Crippen LogP contribution in [0.2, 0.25) is 0 Å². The van der Waals surface area contributed by atoms with Gasteiger partial charge < -0.3 is 15.8 Å². The van der Waals surface area contributed by atoms with E-state index < -0.39 is 6.09 Å². The molecular formula is C19H22N2O2. The Morgan fingerprint density at radius 1 is 1.22 bits per heavy atom. The summed E-state index contributed by atoms with van der Waals surface area (Å²) in [6.45, 7) is 2.81. The van der Waals surface area contributed by atoms with E-state index >= 15 is 0 Å². The summed E-state index contributed by atoms with van der Waals surface area (Å²) in [4.78, 5) is 11.6. The fourth-order valence-corrected chi connectivity index (χ4v) is 2.05. The van der Waals surface area contributed by atoms with Crippen molar-refractivity contribution in [3.05, 3.63) is 71.3 Å². The minimum Gasteiger partial charge on any atom is -0.445 e. The van der Waals surface area contributed by atoms with Crippen LogP contribution in [0.5, 0.6) is 0 Å². The lowest BCUT2D eigenvalue weighted by Crippen LogP contribution is -2.24. The van der Waals surface area contributed by atoms with Gasteiger partial charge in [0.2, 0.25) is 0 Å². The van der Waals surface area contributed by atoms with Crippen LogP contribution in [-0.4, -0.2) is 12.6 Å². The van der Waals surface area contributed by atoms with Gasteiger partial charge in [0.25, 0.3) is 0 Å². The van der Waals surface area contributed by atoms with E-state index in [0.717, 1.165) is 28.8 Å². The van der Waals surface area contributed by atoms with Crippen molar-refractivity contribution in [3.8, 4) is 0 Å². The van der Waals surface area contributed by atoms with E-state index in [0.29, 0.717) is 6.54 Å². The summed E-state index contributed by atoms with van der Waals surface area (Å²) >= 11 is 0. The summed E-state index contributed by atoms with van der Waals surface area (Å²) in [7, 11) is 0. The molecule has 0 atom stereocenters. The van der Waals surface area contributed by atoms with Gasteiger partial charge in [-0.3, -0.25) is 0 Å². The normalized spacial score (nSPS) is 10.7. The fourth-order valence-electron chi connectivity index (χ4n) is 2.05. The molecule has 2 aromatic rings. The van der Waals surface area contributed by atoms with Gasteiger partial charge in [-0.1, -0.05) is 54.6 Å². The molecule has 0 fully saturated rings. The third-order valence-electron chi connectivity index (χ3n) is 3.40. The second-order valence-electron chi connectivity index (χ2n) is 5.30. The maximum atomic E-state index is 11.6. The Bertz CT molecular complexity index is 666. The number of nitrogens with one attached hydrogen (secondary N) is 1. The minimum absolute atomic E-state index is 0.285. The second-order valence-corrected chi connectivity index (χ2v) is 5.30. The van der Waals surface area contributed by atoms with Gasteiger partial charge >= 0.3 is 6.09 Å². The first-order valence-electron chi connectivity index (χ1n) is 7.62. The van der Waals surface area contributed by atoms with Crippen molar-refractivity contribution in [2.24, 2.45) is 0 Å². The van der Waals surface area contributed by atoms with Crippen LogP contribution in [-0.2, 0) is 11.3 Å². The van der Waals surface area contributed by atoms with Crippen molar-refractivity contribution in [2.45, 2.75) is 20.0 Å². The summed E-state index contributed by atoms with van der Waals surface area (Å²) in [5.41, 5.74) is 9.72. The van der Waals surface area contributed by atoms with Crippen LogP contribution in [0.3, 0.4) is 0 Å². The molecule has 3 N–H and O–H groups in total. The highest BCUT2D eigenvalue weighted by Crippen LogP contribution is 2.13. The molecule has 1 amide bonds. The van der Waals surface area contributed by atoms with Gasteiger partial charge in [-0.05, 0) is 36.1 Å². The standard InChI is InChI=1S/C19H22N2O2/c1-15-13-16(10-11-18(15)20)7-5-6-12-21-19(22)23-14-17-8-3-2-4-9-17/h2-5,7-11,13H,6,12,14,20H2,1H3,(H,21,22). The molecule has 0 aliphatic carbocycles. The molecule has 0 unspecified atom stereocenters. The number of benzene rings is 2. The molecule has 0 spiro atoms. The van der Waals surface area contributed by atoms with E-state index in [-0.39, 0.29) is 6.61 Å². The van der Waals surface area contributed by atoms with Crippen molar-refractivity contribution in [2.75, 3.05) is 12.3 Å². The Balaban J connectivity index is 1.65. The molecule has 0 bridgehead atoms. The van der Waals surface area contributed by atoms with Gasteiger partial charge in [0, 0.05) is 12.2 Å². The highest BCUT2D eigenvalue weighted by Gasteiger charge is 2.00. The summed E-state index contributed by atoms with van der Waals surface area (Å²) in [5.74, 6) is 0. The maximum absolute atomic E-state index is 11.6. The third-order valence-corrected chi connectivity index (χ3v) is 3.40. The van der Waals surface area contributed by atoms with Crippen LogP contribution in [0.1, 0.15) is 23.1 Å². The number of rotatable bonds is 6. The SMILES string of the molecule is Cc1cc(C=CCCNC(=O)OCc2ccccc2)ccc1N. The van der Waals surface area contributed by atoms with Gasteiger partial charge in [-0.25, -0.2) is 4.79 Å². The largest absolute Gasteiger partial charge is 0.445 e. The lowest BCUT2D eigenvalue weighted by Gasteiger charge is -2.06. The predicted octanol–water partition coefficient (Wildman–Crippen LogP) is 3.91. The van der Waals surface area contributed by atoms with E-state index in [1.54, 1.807) is 0 Å². The molecule has 0 radical (unpaired) electrons. The highest BCUT2D eigenvalue weighted by molar-refractivity contribution is 5.67. The van der Waals surface area contributed by atoms with Gasteiger partial charge in [-0.2, -0.15) is 0 Å². The second kappa shape index (κ2) is 8.63. The summed E-state index contributed by atoms with van der Waals surface area (Å²) in [6, 6.07) is 15.5. The monoisotopic (exact) mass is 310 g/mol. The van der Waals surface area contributed by atoms with Crippen LogP contribution in [0.4, 0.5) is 10.5 Å². The fraction of sp³-hybridized carbons (Fsp3) is 0.211. The van der Waals surface area contributed by atoms with Crippen LogP contribution in [0.15, 0.2) is 54.6 Å². The lowest BCUT2D eigenvalue weighted by atomic mass is 10.1. The molecule has 4 nitrogen and oxygen atoms in total. The number of ether oxygens (including phenoxy) is 1. The van der Waals surface area contributed by atoms with E-state index in [9.17, 15) is 4.79 Å². The molecule has 120 valence electrons. The summed E-state index contributed by atoms with van der Waals surface area (Å²) in [5, 5.41) is 2.73. The number of nitrogen functional groups attached to an aromatic ring is 1. The number of amides is 1. The molecule has 0 heterocycles. The molecule has 0 aliphatic rings. The first kappa shape index (κ1) is 16.6. The highest BCUT2D eigenvalue weighted by atomic mass is 16.5. The molecule has 0 aliphatic heterocycles. The van der Waals surface area contributed by atoms with Gasteiger partial charge in [0.15, 0.2) is 0 Å². The first-order chi connectivity index (χ1) is 11.1. The molecule has 0 saturated heterocycles. The van der Waals surface area contributed by atoms with Crippen molar-refractivity contribution in [3.63, 3.8) is 0 Å². The van der Waals surface area contributed by atoms with E-state index in [2.05, 4.69) is 5.32 Å². The number of carbonyl (C=O) groups is 1. The van der Waals surface area contributed by atoms with Crippen molar-refractivity contribution >= 4 is 17.9 Å². The smallest absolute Gasteiger partial charge is 0.407 e. The number of aryl methyl sites for hydroxylation is 1. The number of carbonyl (C=O) groups excluding carboxylic acids is 1. The number of alkyl carbamates (subject to hydrolysis) is 1. The maximum Gasteiger partial charge on any atom is 0.407 e. The minimum atomic E-state index is -0.398. The molecule has 2 rings (SSSR count). The molecule has 0 saturated carbocycles. The number of hydrogen-bond donors (Lipinski definition) is 2. The third kappa shape index (κ3) is 5.87. The van der Waals surface area contributed by atoms with E-state index in [1.807, 2.05) is 67.6 Å². The molecular weight excluding hydrogens is 288 g/mol. The zero-order valence-electron chi connectivity index (χ0n) is 13.3. The van der Waals surface area contributed by atoms with Gasteiger partial charge in [0.05, 0.1) is 0 Å². The Kier molecular flexibility index (Phi) is 6.24. The van der Waals surface area contributed by atoms with Gasteiger partial charge in [-0.15, -0.1) is 0 Å². The van der Waals surface area contributed by atoms with Crippen LogP contribution < -0.4 is 11.1 Å². The van der Waals surface area contributed by atoms with Gasteiger partial charge in [0.1, 0.15) is 6.61 Å². The molecule has 4 heteroatoms. The molecule has 23 heavy (non-hydrogen) atoms. The number of anilines is 1. The van der Waals surface area contributed by atoms with Crippen LogP contribution in [0, 0.1) is 6.92 Å². The van der Waals surface area contributed by atoms with Crippen molar-refractivity contribution in [1.29, 1.82) is 0 Å². The van der Waals surface area contributed by atoms with Crippen molar-refractivity contribution < 1.29 is 9.53 Å². The average Bonchev–Trinajstić information content (AvgIpc) is 2.57.